The number of hydrogen-bond acceptors (Lipinski definition) is 5. The first-order valence-corrected chi connectivity index (χ1v) is 21.0. The van der Waals surface area contributed by atoms with Gasteiger partial charge in [-0.1, -0.05) is 123 Å². The molecule has 292 valence electrons. The molecule has 9 atom stereocenters. The monoisotopic (exact) mass is 707 g/mol. The standard InChI is InChI=1S/C33H54N2O.C6H6.C5H12.2CH5N/c1-21(2)7-6-8-22(3)29-11-12-30-28-10-9-23-17-26(36-27-19-24(34)18-25(35)20-27)13-15-32(23,4)31(28)14-16-33(29,30)5;1-2-4-6-5-3-1;1-3-5-4-2;2*1-2/h18-23,26,28-31H,6-17,34-35H2,1-5H3;1-6H;3-5H2,1-2H3;2*2H2,1H3. The van der Waals surface area contributed by atoms with E-state index in [-0.39, 0.29) is 0 Å². The number of rotatable bonds is 9. The highest BCUT2D eigenvalue weighted by atomic mass is 16.5. The summed E-state index contributed by atoms with van der Waals surface area (Å²) in [6, 6.07) is 17.7. The van der Waals surface area contributed by atoms with Crippen LogP contribution in [0.5, 0.6) is 5.75 Å². The number of benzene rings is 2. The zero-order chi connectivity index (χ0) is 38.0. The van der Waals surface area contributed by atoms with Gasteiger partial charge in [-0.3, -0.25) is 0 Å². The van der Waals surface area contributed by atoms with Crippen LogP contribution in [0.25, 0.3) is 0 Å². The minimum atomic E-state index is 0.303. The van der Waals surface area contributed by atoms with Crippen molar-refractivity contribution in [3.63, 3.8) is 0 Å². The molecule has 2 aromatic carbocycles. The molecule has 0 spiro atoms. The van der Waals surface area contributed by atoms with Crippen LogP contribution in [0.3, 0.4) is 0 Å². The minimum absolute atomic E-state index is 0.303. The molecular weight excluding hydrogens is 625 g/mol. The van der Waals surface area contributed by atoms with Crippen molar-refractivity contribution in [3.8, 4) is 5.75 Å². The van der Waals surface area contributed by atoms with Gasteiger partial charge in [0.05, 0.1) is 6.10 Å². The maximum absolute atomic E-state index is 6.46. The second kappa shape index (κ2) is 22.7. The van der Waals surface area contributed by atoms with Crippen molar-refractivity contribution >= 4 is 11.4 Å². The Morgan fingerprint density at radius 3 is 1.75 bits per heavy atom. The first-order valence-electron chi connectivity index (χ1n) is 21.0. The molecule has 0 saturated heterocycles. The molecule has 4 aliphatic rings. The van der Waals surface area contributed by atoms with Crippen LogP contribution in [0.15, 0.2) is 54.6 Å². The van der Waals surface area contributed by atoms with Gasteiger partial charge >= 0.3 is 0 Å². The Balaban J connectivity index is 0.000000507. The molecule has 51 heavy (non-hydrogen) atoms. The summed E-state index contributed by atoms with van der Waals surface area (Å²) >= 11 is 0. The molecule has 2 aromatic rings. The molecule has 0 aliphatic heterocycles. The number of nitrogen functional groups attached to an aromatic ring is 2. The molecule has 4 saturated carbocycles. The largest absolute Gasteiger partial charge is 0.490 e. The lowest BCUT2D eigenvalue weighted by Gasteiger charge is -2.61. The average Bonchev–Trinajstić information content (AvgIpc) is 3.48. The Labute approximate surface area is 315 Å². The Bertz CT molecular complexity index is 1140. The maximum Gasteiger partial charge on any atom is 0.123 e. The fourth-order valence-corrected chi connectivity index (χ4v) is 11.0. The molecule has 8 N–H and O–H groups in total. The third-order valence-electron chi connectivity index (χ3n) is 13.4. The summed E-state index contributed by atoms with van der Waals surface area (Å²) in [6.07, 6.45) is 21.1. The van der Waals surface area contributed by atoms with E-state index >= 15 is 0 Å². The van der Waals surface area contributed by atoms with E-state index in [1.165, 1.54) is 110 Å². The van der Waals surface area contributed by atoms with E-state index in [1.807, 2.05) is 54.6 Å². The Kier molecular flexibility index (Phi) is 20.0. The van der Waals surface area contributed by atoms with Gasteiger partial charge in [0, 0.05) is 23.5 Å². The van der Waals surface area contributed by atoms with Crippen molar-refractivity contribution in [2.75, 3.05) is 25.6 Å². The normalized spacial score (nSPS) is 30.8. The first kappa shape index (κ1) is 44.9. The van der Waals surface area contributed by atoms with Gasteiger partial charge in [-0.05, 0) is 130 Å². The Morgan fingerprint density at radius 1 is 0.667 bits per heavy atom. The van der Waals surface area contributed by atoms with Crippen molar-refractivity contribution in [2.24, 2.45) is 63.7 Å². The lowest BCUT2D eigenvalue weighted by atomic mass is 9.44. The Morgan fingerprint density at radius 2 is 1.22 bits per heavy atom. The highest BCUT2D eigenvalue weighted by Gasteiger charge is 2.60. The third-order valence-corrected chi connectivity index (χ3v) is 13.4. The lowest BCUT2D eigenvalue weighted by molar-refractivity contribution is -0.126. The fourth-order valence-electron chi connectivity index (χ4n) is 11.0. The zero-order valence-electron chi connectivity index (χ0n) is 34.6. The SMILES string of the molecule is CC(C)CCCC(C)C1CCC2C3CCC4CC(Oc5cc(N)cc(N)c5)CCC4(C)C3CCC12C.CCCCC.CN.CN.c1ccccc1. The van der Waals surface area contributed by atoms with E-state index in [0.717, 1.165) is 47.2 Å². The summed E-state index contributed by atoms with van der Waals surface area (Å²) < 4.78 is 6.46. The van der Waals surface area contributed by atoms with Gasteiger partial charge in [0.2, 0.25) is 0 Å². The quantitative estimate of drug-likeness (QED) is 0.194. The summed E-state index contributed by atoms with van der Waals surface area (Å²) in [5, 5.41) is 0. The third kappa shape index (κ3) is 12.4. The number of hydrogen-bond donors (Lipinski definition) is 4. The number of ether oxygens (including phenoxy) is 1. The van der Waals surface area contributed by atoms with Gasteiger partial charge in [-0.25, -0.2) is 0 Å². The highest BCUT2D eigenvalue weighted by Crippen LogP contribution is 2.68. The van der Waals surface area contributed by atoms with E-state index in [0.29, 0.717) is 28.3 Å². The molecule has 5 heteroatoms. The van der Waals surface area contributed by atoms with Crippen LogP contribution in [-0.2, 0) is 0 Å². The zero-order valence-corrected chi connectivity index (χ0v) is 34.6. The van der Waals surface area contributed by atoms with Gasteiger partial charge in [0.1, 0.15) is 5.75 Å². The van der Waals surface area contributed by atoms with Crippen LogP contribution in [-0.4, -0.2) is 20.2 Å². The number of fused-ring (bicyclic) bond motifs is 5. The molecule has 6 rings (SSSR count). The summed E-state index contributed by atoms with van der Waals surface area (Å²) in [4.78, 5) is 0. The predicted molar refractivity (Wildman–Crippen MR) is 225 cm³/mol. The van der Waals surface area contributed by atoms with Crippen LogP contribution < -0.4 is 27.7 Å². The fraction of sp³-hybridized carbons (Fsp3) is 0.739. The average molecular weight is 707 g/mol. The van der Waals surface area contributed by atoms with Crippen LogP contribution in [0.2, 0.25) is 0 Å². The van der Waals surface area contributed by atoms with Crippen LogP contribution >= 0.6 is 0 Å². The predicted octanol–water partition coefficient (Wildman–Crippen LogP) is 11.8. The molecule has 0 bridgehead atoms. The second-order valence-electron chi connectivity index (χ2n) is 17.0. The molecule has 4 fully saturated rings. The summed E-state index contributed by atoms with van der Waals surface area (Å²) in [7, 11) is 3.00. The molecule has 0 amide bonds. The highest BCUT2D eigenvalue weighted by molar-refractivity contribution is 5.56. The summed E-state index contributed by atoms with van der Waals surface area (Å²) in [5.74, 6) is 7.20. The topological polar surface area (TPSA) is 113 Å². The van der Waals surface area contributed by atoms with E-state index in [1.54, 1.807) is 0 Å². The first-order chi connectivity index (χ1) is 24.5. The van der Waals surface area contributed by atoms with Gasteiger partial charge in [0.25, 0.3) is 0 Å². The van der Waals surface area contributed by atoms with E-state index in [4.69, 9.17) is 16.2 Å². The van der Waals surface area contributed by atoms with Crippen LogP contribution in [0.1, 0.15) is 145 Å². The second-order valence-corrected chi connectivity index (χ2v) is 17.0. The van der Waals surface area contributed by atoms with Gasteiger partial charge in [-0.2, -0.15) is 0 Å². The molecule has 0 heterocycles. The number of unbranched alkanes of at least 4 members (excludes halogenated alkanes) is 2. The van der Waals surface area contributed by atoms with Gasteiger partial charge in [-0.15, -0.1) is 0 Å². The van der Waals surface area contributed by atoms with Crippen molar-refractivity contribution in [1.82, 2.24) is 0 Å². The smallest absolute Gasteiger partial charge is 0.123 e. The number of nitrogens with two attached hydrogens (primary N) is 4. The van der Waals surface area contributed by atoms with Gasteiger partial charge in [0.15, 0.2) is 0 Å². The number of anilines is 2. The van der Waals surface area contributed by atoms with E-state index in [2.05, 4.69) is 59.9 Å². The minimum Gasteiger partial charge on any atom is -0.490 e. The maximum atomic E-state index is 6.46. The molecule has 9 unspecified atom stereocenters. The van der Waals surface area contributed by atoms with Crippen molar-refractivity contribution in [2.45, 2.75) is 151 Å². The van der Waals surface area contributed by atoms with Crippen molar-refractivity contribution in [1.29, 1.82) is 0 Å². The van der Waals surface area contributed by atoms with Crippen molar-refractivity contribution < 1.29 is 4.74 Å². The summed E-state index contributed by atoms with van der Waals surface area (Å²) in [5.41, 5.74) is 23.5. The summed E-state index contributed by atoms with van der Waals surface area (Å²) in [6.45, 7) is 17.2. The molecule has 4 aliphatic carbocycles. The molecular formula is C46H82N4O. The molecule has 0 aromatic heterocycles. The molecule has 5 nitrogen and oxygen atoms in total. The van der Waals surface area contributed by atoms with Crippen molar-refractivity contribution in [3.05, 3.63) is 54.6 Å². The van der Waals surface area contributed by atoms with E-state index < -0.39 is 0 Å². The van der Waals surface area contributed by atoms with E-state index in [9.17, 15) is 0 Å². The lowest BCUT2D eigenvalue weighted by Crippen LogP contribution is -2.54. The van der Waals surface area contributed by atoms with Crippen LogP contribution in [0.4, 0.5) is 11.4 Å². The van der Waals surface area contributed by atoms with Gasteiger partial charge < -0.3 is 27.7 Å². The molecule has 0 radical (unpaired) electrons. The Hall–Kier alpha value is -2.24. The van der Waals surface area contributed by atoms with Crippen LogP contribution in [0, 0.1) is 52.3 Å².